The Labute approximate surface area is 253 Å². The Morgan fingerprint density at radius 2 is 1.59 bits per heavy atom. The third-order valence-electron chi connectivity index (χ3n) is 6.76. The van der Waals surface area contributed by atoms with Crippen molar-refractivity contribution in [1.82, 2.24) is 10.2 Å². The number of halogens is 2. The highest BCUT2D eigenvalue weighted by Crippen LogP contribution is 2.35. The number of hydrogen-bond acceptors (Lipinski definition) is 4. The van der Waals surface area contributed by atoms with E-state index in [4.69, 9.17) is 23.2 Å². The van der Waals surface area contributed by atoms with Gasteiger partial charge >= 0.3 is 0 Å². The summed E-state index contributed by atoms with van der Waals surface area (Å²) >= 11 is 12.8. The first-order valence-corrected chi connectivity index (χ1v) is 15.7. The van der Waals surface area contributed by atoms with Crippen molar-refractivity contribution >= 4 is 50.7 Å². The molecule has 1 unspecified atom stereocenters. The zero-order valence-corrected chi connectivity index (χ0v) is 26.4. The maximum absolute atomic E-state index is 14.2. The van der Waals surface area contributed by atoms with E-state index in [1.165, 1.54) is 23.1 Å². The van der Waals surface area contributed by atoms with E-state index < -0.39 is 28.5 Å². The van der Waals surface area contributed by atoms with Crippen LogP contribution in [0, 0.1) is 19.8 Å². The second-order valence-corrected chi connectivity index (χ2v) is 13.1. The van der Waals surface area contributed by atoms with E-state index in [-0.39, 0.29) is 39.0 Å². The number of anilines is 1. The van der Waals surface area contributed by atoms with Crippen LogP contribution >= 0.6 is 23.2 Å². The number of amides is 2. The van der Waals surface area contributed by atoms with Crippen LogP contribution in [0.1, 0.15) is 43.9 Å². The minimum Gasteiger partial charge on any atom is -0.354 e. The molecule has 0 heterocycles. The summed E-state index contributed by atoms with van der Waals surface area (Å²) in [6, 6.07) is 17.7. The van der Waals surface area contributed by atoms with Crippen LogP contribution < -0.4 is 9.62 Å². The zero-order valence-electron chi connectivity index (χ0n) is 24.0. The van der Waals surface area contributed by atoms with Crippen molar-refractivity contribution in [2.75, 3.05) is 17.4 Å². The molecule has 0 saturated carbocycles. The number of nitrogens with zero attached hydrogens (tertiary/aromatic N) is 2. The molecule has 3 aromatic rings. The molecule has 0 bridgehead atoms. The van der Waals surface area contributed by atoms with Crippen molar-refractivity contribution < 1.29 is 18.0 Å². The van der Waals surface area contributed by atoms with Gasteiger partial charge in [0, 0.05) is 13.1 Å². The molecule has 0 saturated heterocycles. The molecular formula is C31H37Cl2N3O4S. The van der Waals surface area contributed by atoms with Crippen molar-refractivity contribution in [2.45, 2.75) is 58.5 Å². The van der Waals surface area contributed by atoms with Gasteiger partial charge in [0.25, 0.3) is 10.0 Å². The maximum atomic E-state index is 14.2. The molecule has 0 aliphatic carbocycles. The Bertz CT molecular complexity index is 1480. The van der Waals surface area contributed by atoms with Gasteiger partial charge in [0.05, 0.1) is 20.6 Å². The average Bonchev–Trinajstić information content (AvgIpc) is 2.93. The van der Waals surface area contributed by atoms with Crippen molar-refractivity contribution in [1.29, 1.82) is 0 Å². The largest absolute Gasteiger partial charge is 0.354 e. The number of hydrogen-bond donors (Lipinski definition) is 1. The lowest BCUT2D eigenvalue weighted by Gasteiger charge is -2.34. The minimum atomic E-state index is -4.25. The van der Waals surface area contributed by atoms with Gasteiger partial charge in [0.1, 0.15) is 12.6 Å². The standard InChI is InChI=1S/C31H37Cl2N3O4S/c1-6-27(31(38)34-18-21(2)3)35(19-24-11-8-7-10-23(24)5)29(37)20-36(28-13-9-12-26(32)30(28)33)41(39,40)25-16-14-22(4)15-17-25/h7-17,21,27H,6,18-20H2,1-5H3,(H,34,38). The second-order valence-electron chi connectivity index (χ2n) is 10.4. The fourth-order valence-corrected chi connectivity index (χ4v) is 6.22. The van der Waals surface area contributed by atoms with Crippen LogP contribution in [-0.2, 0) is 26.2 Å². The summed E-state index contributed by atoms with van der Waals surface area (Å²) < 4.78 is 29.0. The number of nitrogens with one attached hydrogen (secondary N) is 1. The number of benzene rings is 3. The molecule has 10 heteroatoms. The van der Waals surface area contributed by atoms with Gasteiger partial charge in [0.15, 0.2) is 0 Å². The molecule has 7 nitrogen and oxygen atoms in total. The average molecular weight is 619 g/mol. The van der Waals surface area contributed by atoms with E-state index >= 15 is 0 Å². The highest BCUT2D eigenvalue weighted by Gasteiger charge is 2.34. The third-order valence-corrected chi connectivity index (χ3v) is 9.34. The molecule has 0 aromatic heterocycles. The normalized spacial score (nSPS) is 12.2. The van der Waals surface area contributed by atoms with Crippen molar-refractivity contribution in [3.05, 3.63) is 93.5 Å². The van der Waals surface area contributed by atoms with Crippen LogP contribution in [0.2, 0.25) is 10.0 Å². The van der Waals surface area contributed by atoms with Crippen LogP contribution in [0.4, 0.5) is 5.69 Å². The van der Waals surface area contributed by atoms with Crippen LogP contribution in [0.3, 0.4) is 0 Å². The van der Waals surface area contributed by atoms with Crippen molar-refractivity contribution in [2.24, 2.45) is 5.92 Å². The van der Waals surface area contributed by atoms with Gasteiger partial charge in [0.2, 0.25) is 11.8 Å². The van der Waals surface area contributed by atoms with Gasteiger partial charge in [-0.25, -0.2) is 8.42 Å². The van der Waals surface area contributed by atoms with E-state index in [0.717, 1.165) is 21.0 Å². The predicted octanol–water partition coefficient (Wildman–Crippen LogP) is 6.39. The summed E-state index contributed by atoms with van der Waals surface area (Å²) in [4.78, 5) is 29.0. The van der Waals surface area contributed by atoms with Gasteiger partial charge in [-0.2, -0.15) is 0 Å². The summed E-state index contributed by atoms with van der Waals surface area (Å²) in [7, 11) is -4.25. The molecule has 0 radical (unpaired) electrons. The zero-order chi connectivity index (χ0) is 30.3. The fraction of sp³-hybridized carbons (Fsp3) is 0.355. The first kappa shape index (κ1) is 32.4. The highest BCUT2D eigenvalue weighted by molar-refractivity contribution is 7.92. The Morgan fingerprint density at radius 3 is 2.20 bits per heavy atom. The van der Waals surface area contributed by atoms with Gasteiger partial charge in [-0.3, -0.25) is 13.9 Å². The van der Waals surface area contributed by atoms with Gasteiger partial charge in [-0.05, 0) is 61.6 Å². The van der Waals surface area contributed by atoms with Crippen LogP contribution in [0.5, 0.6) is 0 Å². The molecule has 3 rings (SSSR count). The lowest BCUT2D eigenvalue weighted by atomic mass is 10.1. The molecule has 2 amide bonds. The van der Waals surface area contributed by atoms with Crippen molar-refractivity contribution in [3.63, 3.8) is 0 Å². The molecule has 1 N–H and O–H groups in total. The SMILES string of the molecule is CCC(C(=O)NCC(C)C)N(Cc1ccccc1C)C(=O)CN(c1cccc(Cl)c1Cl)S(=O)(=O)c1ccc(C)cc1. The first-order valence-electron chi connectivity index (χ1n) is 13.5. The molecule has 1 atom stereocenters. The number of carbonyl (C=O) groups excluding carboxylic acids is 2. The first-order chi connectivity index (χ1) is 19.4. The topological polar surface area (TPSA) is 86.8 Å². The third kappa shape index (κ3) is 8.03. The summed E-state index contributed by atoms with van der Waals surface area (Å²) in [6.07, 6.45) is 0.337. The summed E-state index contributed by atoms with van der Waals surface area (Å²) in [5.74, 6) is -0.625. The van der Waals surface area contributed by atoms with E-state index in [2.05, 4.69) is 5.32 Å². The molecule has 3 aromatic carbocycles. The van der Waals surface area contributed by atoms with Gasteiger partial charge in [-0.1, -0.05) is 92.0 Å². The quantitative estimate of drug-likeness (QED) is 0.255. The maximum Gasteiger partial charge on any atom is 0.264 e. The molecule has 0 fully saturated rings. The number of sulfonamides is 1. The van der Waals surface area contributed by atoms with Gasteiger partial charge in [-0.15, -0.1) is 0 Å². The number of rotatable bonds is 12. The molecule has 0 spiro atoms. The van der Waals surface area contributed by atoms with Gasteiger partial charge < -0.3 is 10.2 Å². The lowest BCUT2D eigenvalue weighted by molar-refractivity contribution is -0.140. The molecule has 0 aliphatic rings. The summed E-state index contributed by atoms with van der Waals surface area (Å²) in [5, 5.41) is 3.08. The molecule has 41 heavy (non-hydrogen) atoms. The Hall–Kier alpha value is -3.07. The Morgan fingerprint density at radius 1 is 0.927 bits per heavy atom. The second kappa shape index (κ2) is 14.2. The highest BCUT2D eigenvalue weighted by atomic mass is 35.5. The van der Waals surface area contributed by atoms with E-state index in [0.29, 0.717) is 13.0 Å². The molecule has 0 aliphatic heterocycles. The lowest BCUT2D eigenvalue weighted by Crippen LogP contribution is -2.52. The smallest absolute Gasteiger partial charge is 0.264 e. The monoisotopic (exact) mass is 617 g/mol. The van der Waals surface area contributed by atoms with E-state index in [1.54, 1.807) is 24.3 Å². The molecular weight excluding hydrogens is 581 g/mol. The molecule has 220 valence electrons. The van der Waals surface area contributed by atoms with Crippen LogP contribution in [0.25, 0.3) is 0 Å². The number of aryl methyl sites for hydroxylation is 2. The fourth-order valence-electron chi connectivity index (χ4n) is 4.35. The number of carbonyl (C=O) groups is 2. The Kier molecular flexibility index (Phi) is 11.2. The predicted molar refractivity (Wildman–Crippen MR) is 166 cm³/mol. The van der Waals surface area contributed by atoms with E-state index in [9.17, 15) is 18.0 Å². The van der Waals surface area contributed by atoms with E-state index in [1.807, 2.05) is 58.9 Å². The van der Waals surface area contributed by atoms with Crippen LogP contribution in [-0.4, -0.2) is 44.3 Å². The summed E-state index contributed by atoms with van der Waals surface area (Å²) in [6.45, 7) is 9.57. The van der Waals surface area contributed by atoms with Crippen LogP contribution in [0.15, 0.2) is 71.6 Å². The van der Waals surface area contributed by atoms with Crippen molar-refractivity contribution in [3.8, 4) is 0 Å². The Balaban J connectivity index is 2.10. The summed E-state index contributed by atoms with van der Waals surface area (Å²) in [5.41, 5.74) is 2.76. The minimum absolute atomic E-state index is 0.000820.